The number of hydrogen-bond acceptors (Lipinski definition) is 6. The van der Waals surface area contributed by atoms with Gasteiger partial charge in [0.15, 0.2) is 0 Å². The van der Waals surface area contributed by atoms with E-state index in [4.69, 9.17) is 32.5 Å². The van der Waals surface area contributed by atoms with Crippen LogP contribution in [0.3, 0.4) is 0 Å². The monoisotopic (exact) mass is 352 g/mol. The first-order chi connectivity index (χ1) is 11.1. The minimum absolute atomic E-state index is 0.00111. The van der Waals surface area contributed by atoms with Gasteiger partial charge in [-0.15, -0.1) is 0 Å². The van der Waals surface area contributed by atoms with E-state index in [1.54, 1.807) is 31.4 Å². The molecule has 0 unspecified atom stereocenters. The van der Waals surface area contributed by atoms with Crippen LogP contribution in [0.2, 0.25) is 10.0 Å². The van der Waals surface area contributed by atoms with E-state index < -0.39 is 5.56 Å². The SMILES string of the molecule is COc1ccc(-c2noc(Cn3ncc(Cl)c(Cl)c3=O)n2)cc1. The van der Waals surface area contributed by atoms with Gasteiger partial charge in [-0.3, -0.25) is 4.79 Å². The zero-order valence-electron chi connectivity index (χ0n) is 11.9. The van der Waals surface area contributed by atoms with E-state index in [1.165, 1.54) is 6.20 Å². The van der Waals surface area contributed by atoms with Crippen molar-refractivity contribution in [2.45, 2.75) is 6.54 Å². The molecule has 7 nitrogen and oxygen atoms in total. The molecule has 118 valence electrons. The van der Waals surface area contributed by atoms with Gasteiger partial charge in [0, 0.05) is 5.56 Å². The summed E-state index contributed by atoms with van der Waals surface area (Å²) in [6.45, 7) is -0.00111. The van der Waals surface area contributed by atoms with Crippen LogP contribution in [0.5, 0.6) is 5.75 Å². The molecule has 0 aliphatic rings. The summed E-state index contributed by atoms with van der Waals surface area (Å²) in [5, 5.41) is 7.76. The Balaban J connectivity index is 1.85. The van der Waals surface area contributed by atoms with Crippen LogP contribution in [0.15, 0.2) is 39.8 Å². The molecule has 2 aromatic heterocycles. The van der Waals surface area contributed by atoms with E-state index in [-0.39, 0.29) is 22.5 Å². The van der Waals surface area contributed by atoms with Gasteiger partial charge in [-0.05, 0) is 24.3 Å². The molecular weight excluding hydrogens is 343 g/mol. The molecule has 0 amide bonds. The van der Waals surface area contributed by atoms with E-state index in [0.29, 0.717) is 5.82 Å². The van der Waals surface area contributed by atoms with Crippen LogP contribution in [0.1, 0.15) is 5.89 Å². The summed E-state index contributed by atoms with van der Waals surface area (Å²) in [7, 11) is 1.59. The molecule has 0 aliphatic carbocycles. The molecule has 9 heteroatoms. The summed E-state index contributed by atoms with van der Waals surface area (Å²) < 4.78 is 11.3. The molecule has 3 rings (SSSR count). The van der Waals surface area contributed by atoms with Crippen molar-refractivity contribution in [1.29, 1.82) is 0 Å². The summed E-state index contributed by atoms with van der Waals surface area (Å²) >= 11 is 11.5. The quantitative estimate of drug-likeness (QED) is 0.717. The largest absolute Gasteiger partial charge is 0.497 e. The highest BCUT2D eigenvalue weighted by molar-refractivity contribution is 6.41. The maximum Gasteiger partial charge on any atom is 0.287 e. The van der Waals surface area contributed by atoms with Crippen molar-refractivity contribution in [2.75, 3.05) is 7.11 Å². The van der Waals surface area contributed by atoms with Crippen LogP contribution in [0.25, 0.3) is 11.4 Å². The van der Waals surface area contributed by atoms with Crippen LogP contribution < -0.4 is 10.3 Å². The first-order valence-corrected chi connectivity index (χ1v) is 7.22. The second-order valence-corrected chi connectivity index (χ2v) is 5.29. The van der Waals surface area contributed by atoms with Gasteiger partial charge in [0.25, 0.3) is 5.56 Å². The fourth-order valence-electron chi connectivity index (χ4n) is 1.86. The first kappa shape index (κ1) is 15.5. The normalized spacial score (nSPS) is 10.7. The van der Waals surface area contributed by atoms with Gasteiger partial charge in [0.2, 0.25) is 11.7 Å². The zero-order chi connectivity index (χ0) is 16.4. The number of rotatable bonds is 4. The maximum atomic E-state index is 11.9. The van der Waals surface area contributed by atoms with Crippen molar-refractivity contribution < 1.29 is 9.26 Å². The van der Waals surface area contributed by atoms with Crippen LogP contribution in [0.4, 0.5) is 0 Å². The van der Waals surface area contributed by atoms with Crippen LogP contribution in [0, 0.1) is 0 Å². The Bertz CT molecular complexity index is 890. The predicted octanol–water partition coefficient (Wildman–Crippen LogP) is 2.66. The highest BCUT2D eigenvalue weighted by atomic mass is 35.5. The minimum Gasteiger partial charge on any atom is -0.497 e. The lowest BCUT2D eigenvalue weighted by Gasteiger charge is -2.01. The molecule has 0 aliphatic heterocycles. The Hall–Kier alpha value is -2.38. The van der Waals surface area contributed by atoms with Crippen LogP contribution >= 0.6 is 23.2 Å². The lowest BCUT2D eigenvalue weighted by atomic mass is 10.2. The van der Waals surface area contributed by atoms with Crippen molar-refractivity contribution in [2.24, 2.45) is 0 Å². The molecule has 0 saturated carbocycles. The van der Waals surface area contributed by atoms with Crippen LogP contribution in [-0.4, -0.2) is 27.0 Å². The van der Waals surface area contributed by atoms with Gasteiger partial charge in [0.1, 0.15) is 17.3 Å². The molecule has 23 heavy (non-hydrogen) atoms. The van der Waals surface area contributed by atoms with Crippen molar-refractivity contribution >= 4 is 23.2 Å². The molecule has 0 bridgehead atoms. The summed E-state index contributed by atoms with van der Waals surface area (Å²) in [5.41, 5.74) is 0.235. The number of ether oxygens (including phenoxy) is 1. The molecule has 1 aromatic carbocycles. The topological polar surface area (TPSA) is 83.0 Å². The number of methoxy groups -OCH3 is 1. The maximum absolute atomic E-state index is 11.9. The smallest absolute Gasteiger partial charge is 0.287 e. The average molecular weight is 353 g/mol. The lowest BCUT2D eigenvalue weighted by molar-refractivity contribution is 0.363. The molecular formula is C14H10Cl2N4O3. The third kappa shape index (κ3) is 3.20. The molecule has 0 spiro atoms. The number of nitrogens with zero attached hydrogens (tertiary/aromatic N) is 4. The van der Waals surface area contributed by atoms with Gasteiger partial charge >= 0.3 is 0 Å². The first-order valence-electron chi connectivity index (χ1n) is 6.46. The van der Waals surface area contributed by atoms with Crippen molar-refractivity contribution in [1.82, 2.24) is 19.9 Å². The highest BCUT2D eigenvalue weighted by Gasteiger charge is 2.13. The molecule has 2 heterocycles. The number of benzene rings is 1. The van der Waals surface area contributed by atoms with Crippen molar-refractivity contribution in [3.05, 3.63) is 56.8 Å². The molecule has 0 saturated heterocycles. The van der Waals surface area contributed by atoms with E-state index in [1.807, 2.05) is 0 Å². The summed E-state index contributed by atoms with van der Waals surface area (Å²) in [6, 6.07) is 7.18. The zero-order valence-corrected chi connectivity index (χ0v) is 13.4. The molecule has 0 atom stereocenters. The van der Waals surface area contributed by atoms with Crippen molar-refractivity contribution in [3.63, 3.8) is 0 Å². The fraction of sp³-hybridized carbons (Fsp3) is 0.143. The summed E-state index contributed by atoms with van der Waals surface area (Å²) in [6.07, 6.45) is 1.28. The third-order valence-corrected chi connectivity index (χ3v) is 3.79. The minimum atomic E-state index is -0.525. The lowest BCUT2D eigenvalue weighted by Crippen LogP contribution is -2.23. The van der Waals surface area contributed by atoms with Gasteiger partial charge in [-0.2, -0.15) is 10.1 Å². The Morgan fingerprint density at radius 2 is 2.00 bits per heavy atom. The Labute approximate surface area is 140 Å². The molecule has 0 N–H and O–H groups in total. The van der Waals surface area contributed by atoms with Crippen molar-refractivity contribution in [3.8, 4) is 17.1 Å². The number of hydrogen-bond donors (Lipinski definition) is 0. The van der Waals surface area contributed by atoms with E-state index in [9.17, 15) is 4.79 Å². The average Bonchev–Trinajstić information content (AvgIpc) is 3.04. The van der Waals surface area contributed by atoms with Gasteiger partial charge in [-0.1, -0.05) is 28.4 Å². The standard InChI is InChI=1S/C14H10Cl2N4O3/c1-22-9-4-2-8(3-5-9)13-18-11(23-19-13)7-20-14(21)12(16)10(15)6-17-20/h2-6H,7H2,1H3. The van der Waals surface area contributed by atoms with Gasteiger partial charge in [0.05, 0.1) is 18.3 Å². The highest BCUT2D eigenvalue weighted by Crippen LogP contribution is 2.20. The number of halogens is 2. The summed E-state index contributed by atoms with van der Waals surface area (Å²) in [4.78, 5) is 16.2. The Kier molecular flexibility index (Phi) is 4.31. The second-order valence-electron chi connectivity index (χ2n) is 4.51. The van der Waals surface area contributed by atoms with Gasteiger partial charge < -0.3 is 9.26 Å². The second kappa shape index (κ2) is 6.39. The Morgan fingerprint density at radius 3 is 2.70 bits per heavy atom. The molecule has 3 aromatic rings. The van der Waals surface area contributed by atoms with Crippen LogP contribution in [-0.2, 0) is 6.54 Å². The fourth-order valence-corrected chi connectivity index (χ4v) is 2.13. The van der Waals surface area contributed by atoms with E-state index >= 15 is 0 Å². The molecule has 0 fully saturated rings. The Morgan fingerprint density at radius 1 is 1.26 bits per heavy atom. The summed E-state index contributed by atoms with van der Waals surface area (Å²) in [5.74, 6) is 1.35. The predicted molar refractivity (Wildman–Crippen MR) is 83.9 cm³/mol. The third-order valence-electron chi connectivity index (χ3n) is 3.04. The van der Waals surface area contributed by atoms with Gasteiger partial charge in [-0.25, -0.2) is 4.68 Å². The number of aromatic nitrogens is 4. The van der Waals surface area contributed by atoms with E-state index in [0.717, 1.165) is 16.0 Å². The van der Waals surface area contributed by atoms with E-state index in [2.05, 4.69) is 15.2 Å². The molecule has 0 radical (unpaired) electrons.